The van der Waals surface area contributed by atoms with Crippen molar-refractivity contribution in [1.82, 2.24) is 4.73 Å². The van der Waals surface area contributed by atoms with E-state index in [1.54, 1.807) is 4.73 Å². The van der Waals surface area contributed by atoms with Gasteiger partial charge in [-0.25, -0.2) is 0 Å². The average molecular weight is 167 g/mol. The first-order valence-corrected chi connectivity index (χ1v) is 4.69. The Labute approximate surface area is 74.1 Å². The first-order chi connectivity index (χ1) is 5.93. The summed E-state index contributed by atoms with van der Waals surface area (Å²) in [4.78, 5) is 5.41. The Morgan fingerprint density at radius 2 is 1.83 bits per heavy atom. The fourth-order valence-corrected chi connectivity index (χ4v) is 1.10. The third kappa shape index (κ3) is 3.46. The second-order valence-corrected chi connectivity index (χ2v) is 2.94. The smallest absolute Gasteiger partial charge is 0.115 e. The van der Waals surface area contributed by atoms with E-state index >= 15 is 0 Å². The third-order valence-corrected chi connectivity index (χ3v) is 1.82. The Morgan fingerprint density at radius 1 is 1.08 bits per heavy atom. The van der Waals surface area contributed by atoms with Gasteiger partial charge in [0, 0.05) is 12.4 Å². The van der Waals surface area contributed by atoms with E-state index in [9.17, 15) is 0 Å². The summed E-state index contributed by atoms with van der Waals surface area (Å²) in [6, 6.07) is 3.93. The molecule has 68 valence electrons. The van der Waals surface area contributed by atoms with Gasteiger partial charge in [0.25, 0.3) is 0 Å². The van der Waals surface area contributed by atoms with Crippen molar-refractivity contribution < 1.29 is 4.84 Å². The van der Waals surface area contributed by atoms with Crippen LogP contribution >= 0.6 is 0 Å². The summed E-state index contributed by atoms with van der Waals surface area (Å²) < 4.78 is 1.76. The highest BCUT2D eigenvalue weighted by atomic mass is 16.7. The molecular formula is C10H17NO. The minimum atomic E-state index is 0.828. The Kier molecular flexibility index (Phi) is 4.35. The number of hydrogen-bond donors (Lipinski definition) is 0. The number of nitrogens with zero attached hydrogens (tertiary/aromatic N) is 1. The van der Waals surface area contributed by atoms with Crippen LogP contribution in [0, 0.1) is 0 Å². The number of unbranched alkanes of at least 4 members (excludes halogenated alkanes) is 3. The van der Waals surface area contributed by atoms with Crippen LogP contribution in [0.1, 0.15) is 32.6 Å². The van der Waals surface area contributed by atoms with Gasteiger partial charge in [-0.15, -0.1) is 0 Å². The van der Waals surface area contributed by atoms with Gasteiger partial charge in [-0.3, -0.25) is 0 Å². The van der Waals surface area contributed by atoms with Crippen LogP contribution in [0.5, 0.6) is 0 Å². The lowest BCUT2D eigenvalue weighted by molar-refractivity contribution is 0.107. The molecule has 2 heteroatoms. The summed E-state index contributed by atoms with van der Waals surface area (Å²) in [5.74, 6) is 0. The summed E-state index contributed by atoms with van der Waals surface area (Å²) >= 11 is 0. The van der Waals surface area contributed by atoms with Crippen molar-refractivity contribution in [3.8, 4) is 0 Å². The normalized spacial score (nSPS) is 10.1. The van der Waals surface area contributed by atoms with E-state index in [1.165, 1.54) is 19.3 Å². The van der Waals surface area contributed by atoms with Crippen LogP contribution in [0.25, 0.3) is 0 Å². The summed E-state index contributed by atoms with van der Waals surface area (Å²) in [5, 5.41) is 0. The molecule has 12 heavy (non-hydrogen) atoms. The van der Waals surface area contributed by atoms with Crippen LogP contribution in [-0.2, 0) is 0 Å². The molecule has 0 saturated heterocycles. The van der Waals surface area contributed by atoms with Gasteiger partial charge in [-0.2, -0.15) is 4.73 Å². The molecule has 0 aliphatic rings. The molecular weight excluding hydrogens is 150 g/mol. The molecule has 1 heterocycles. The van der Waals surface area contributed by atoms with Gasteiger partial charge in [-0.1, -0.05) is 19.8 Å². The predicted octanol–water partition coefficient (Wildman–Crippen LogP) is 2.50. The lowest BCUT2D eigenvalue weighted by Crippen LogP contribution is -2.09. The largest absolute Gasteiger partial charge is 0.414 e. The number of rotatable bonds is 6. The van der Waals surface area contributed by atoms with Crippen molar-refractivity contribution in [2.75, 3.05) is 6.61 Å². The minimum absolute atomic E-state index is 0.828. The third-order valence-electron chi connectivity index (χ3n) is 1.82. The van der Waals surface area contributed by atoms with Crippen molar-refractivity contribution in [3.63, 3.8) is 0 Å². The highest BCUT2D eigenvalue weighted by molar-refractivity contribution is 4.87. The van der Waals surface area contributed by atoms with Gasteiger partial charge in [-0.05, 0) is 25.0 Å². The number of aromatic nitrogens is 1. The van der Waals surface area contributed by atoms with Crippen molar-refractivity contribution in [1.29, 1.82) is 0 Å². The SMILES string of the molecule is CCCCCCOn1cccc1. The second-order valence-electron chi connectivity index (χ2n) is 2.94. The van der Waals surface area contributed by atoms with Crippen LogP contribution in [0.2, 0.25) is 0 Å². The molecule has 0 aliphatic carbocycles. The zero-order valence-electron chi connectivity index (χ0n) is 7.70. The molecule has 0 amide bonds. The Balaban J connectivity index is 1.96. The fraction of sp³-hybridized carbons (Fsp3) is 0.600. The molecule has 0 aromatic carbocycles. The standard InChI is InChI=1S/C10H17NO/c1-2-3-4-7-10-12-11-8-5-6-9-11/h5-6,8-9H,2-4,7,10H2,1H3. The molecule has 0 fully saturated rings. The van der Waals surface area contributed by atoms with E-state index in [1.807, 2.05) is 24.5 Å². The van der Waals surface area contributed by atoms with Crippen molar-refractivity contribution in [3.05, 3.63) is 24.5 Å². The maximum atomic E-state index is 5.41. The highest BCUT2D eigenvalue weighted by Crippen LogP contribution is 1.97. The molecule has 1 aromatic heterocycles. The molecule has 0 bridgehead atoms. The van der Waals surface area contributed by atoms with Crippen molar-refractivity contribution >= 4 is 0 Å². The zero-order chi connectivity index (χ0) is 8.65. The lowest BCUT2D eigenvalue weighted by Gasteiger charge is -2.05. The van der Waals surface area contributed by atoms with Crippen LogP contribution < -0.4 is 4.84 Å². The molecule has 0 spiro atoms. The summed E-state index contributed by atoms with van der Waals surface area (Å²) in [6.45, 7) is 3.04. The first-order valence-electron chi connectivity index (χ1n) is 4.69. The Morgan fingerprint density at radius 3 is 2.50 bits per heavy atom. The van der Waals surface area contributed by atoms with Crippen molar-refractivity contribution in [2.45, 2.75) is 32.6 Å². The Bertz CT molecular complexity index is 182. The minimum Gasteiger partial charge on any atom is -0.414 e. The van der Waals surface area contributed by atoms with Crippen LogP contribution in [0.4, 0.5) is 0 Å². The van der Waals surface area contributed by atoms with E-state index in [4.69, 9.17) is 4.84 Å². The number of hydrogen-bond acceptors (Lipinski definition) is 1. The highest BCUT2D eigenvalue weighted by Gasteiger charge is 1.89. The van der Waals surface area contributed by atoms with E-state index in [0.29, 0.717) is 0 Å². The van der Waals surface area contributed by atoms with E-state index < -0.39 is 0 Å². The topological polar surface area (TPSA) is 14.2 Å². The zero-order valence-corrected chi connectivity index (χ0v) is 7.70. The maximum Gasteiger partial charge on any atom is 0.115 e. The van der Waals surface area contributed by atoms with E-state index in [0.717, 1.165) is 13.0 Å². The molecule has 0 atom stereocenters. The fourth-order valence-electron chi connectivity index (χ4n) is 1.10. The molecule has 0 saturated carbocycles. The summed E-state index contributed by atoms with van der Waals surface area (Å²) in [5.41, 5.74) is 0. The predicted molar refractivity (Wildman–Crippen MR) is 50.0 cm³/mol. The van der Waals surface area contributed by atoms with Gasteiger partial charge < -0.3 is 4.84 Å². The monoisotopic (exact) mass is 167 g/mol. The molecule has 1 aromatic rings. The molecule has 1 rings (SSSR count). The van der Waals surface area contributed by atoms with Crippen LogP contribution in [0.3, 0.4) is 0 Å². The van der Waals surface area contributed by atoms with Crippen LogP contribution in [0.15, 0.2) is 24.5 Å². The Hall–Kier alpha value is -0.920. The summed E-state index contributed by atoms with van der Waals surface area (Å²) in [6.07, 6.45) is 8.86. The van der Waals surface area contributed by atoms with Gasteiger partial charge in [0.1, 0.15) is 6.61 Å². The van der Waals surface area contributed by atoms with Crippen LogP contribution in [-0.4, -0.2) is 11.3 Å². The molecule has 0 radical (unpaired) electrons. The first kappa shape index (κ1) is 9.17. The van der Waals surface area contributed by atoms with Crippen molar-refractivity contribution in [2.24, 2.45) is 0 Å². The van der Waals surface area contributed by atoms with E-state index in [-0.39, 0.29) is 0 Å². The van der Waals surface area contributed by atoms with Gasteiger partial charge in [0.05, 0.1) is 0 Å². The van der Waals surface area contributed by atoms with Gasteiger partial charge in [0.15, 0.2) is 0 Å². The van der Waals surface area contributed by atoms with E-state index in [2.05, 4.69) is 6.92 Å². The summed E-state index contributed by atoms with van der Waals surface area (Å²) in [7, 11) is 0. The average Bonchev–Trinajstić information content (AvgIpc) is 2.57. The molecule has 0 unspecified atom stereocenters. The van der Waals surface area contributed by atoms with Gasteiger partial charge >= 0.3 is 0 Å². The quantitative estimate of drug-likeness (QED) is 0.594. The lowest BCUT2D eigenvalue weighted by atomic mass is 10.2. The molecule has 0 aliphatic heterocycles. The second kappa shape index (κ2) is 5.70. The molecule has 0 N–H and O–H groups in total. The molecule has 2 nitrogen and oxygen atoms in total. The van der Waals surface area contributed by atoms with Gasteiger partial charge in [0.2, 0.25) is 0 Å². The maximum absolute atomic E-state index is 5.41.